The number of phenols is 2. The third kappa shape index (κ3) is 2.97. The Hall–Kier alpha value is -1.52. The molecule has 2 rings (SSSR count). The standard InChI is InChI=1S/C15H13BrClNO2/c1-8-5-10(15(20)14(16)9(8)2)7-18-12-6-11(17)3-4-13(12)19/h3-7,19-20H,1-2H3. The molecule has 0 saturated heterocycles. The van der Waals surface area contributed by atoms with E-state index in [1.165, 1.54) is 12.3 Å². The fraction of sp³-hybridized carbons (Fsp3) is 0.133. The van der Waals surface area contributed by atoms with Crippen molar-refractivity contribution in [1.29, 1.82) is 0 Å². The molecule has 104 valence electrons. The number of benzene rings is 2. The second-order valence-corrected chi connectivity index (χ2v) is 5.69. The topological polar surface area (TPSA) is 52.8 Å². The zero-order valence-electron chi connectivity index (χ0n) is 11.0. The lowest BCUT2D eigenvalue weighted by Gasteiger charge is -2.08. The van der Waals surface area contributed by atoms with Gasteiger partial charge >= 0.3 is 0 Å². The van der Waals surface area contributed by atoms with Crippen molar-refractivity contribution in [3.8, 4) is 11.5 Å². The van der Waals surface area contributed by atoms with Gasteiger partial charge in [0.25, 0.3) is 0 Å². The number of rotatable bonds is 2. The van der Waals surface area contributed by atoms with Crippen LogP contribution in [0.2, 0.25) is 5.02 Å². The first kappa shape index (κ1) is 14.9. The summed E-state index contributed by atoms with van der Waals surface area (Å²) in [6.07, 6.45) is 1.50. The summed E-state index contributed by atoms with van der Waals surface area (Å²) in [4.78, 5) is 4.17. The van der Waals surface area contributed by atoms with E-state index in [1.807, 2.05) is 19.9 Å². The van der Waals surface area contributed by atoms with Gasteiger partial charge < -0.3 is 10.2 Å². The molecular weight excluding hydrogens is 342 g/mol. The summed E-state index contributed by atoms with van der Waals surface area (Å²) >= 11 is 9.21. The summed E-state index contributed by atoms with van der Waals surface area (Å²) in [6, 6.07) is 6.45. The Labute approximate surface area is 130 Å². The van der Waals surface area contributed by atoms with Gasteiger partial charge in [-0.05, 0) is 65.2 Å². The van der Waals surface area contributed by atoms with Crippen LogP contribution in [0.25, 0.3) is 0 Å². The van der Waals surface area contributed by atoms with E-state index in [1.54, 1.807) is 12.1 Å². The van der Waals surface area contributed by atoms with Crippen LogP contribution in [-0.4, -0.2) is 16.4 Å². The normalized spacial score (nSPS) is 11.2. The average Bonchev–Trinajstić information content (AvgIpc) is 2.42. The lowest BCUT2D eigenvalue weighted by atomic mass is 10.1. The Balaban J connectivity index is 2.44. The molecule has 0 spiro atoms. The smallest absolute Gasteiger partial charge is 0.141 e. The van der Waals surface area contributed by atoms with Crippen molar-refractivity contribution in [3.63, 3.8) is 0 Å². The third-order valence-corrected chi connectivity index (χ3v) is 4.26. The van der Waals surface area contributed by atoms with Crippen LogP contribution in [0.3, 0.4) is 0 Å². The van der Waals surface area contributed by atoms with Gasteiger partial charge in [-0.3, -0.25) is 4.99 Å². The molecule has 0 unspecified atom stereocenters. The summed E-state index contributed by atoms with van der Waals surface area (Å²) < 4.78 is 0.647. The van der Waals surface area contributed by atoms with Crippen molar-refractivity contribution in [2.45, 2.75) is 13.8 Å². The van der Waals surface area contributed by atoms with Gasteiger partial charge in [-0.2, -0.15) is 0 Å². The van der Waals surface area contributed by atoms with E-state index in [9.17, 15) is 10.2 Å². The molecule has 5 heteroatoms. The van der Waals surface area contributed by atoms with Crippen molar-refractivity contribution in [3.05, 3.63) is 50.5 Å². The Morgan fingerprint density at radius 3 is 2.60 bits per heavy atom. The minimum Gasteiger partial charge on any atom is -0.506 e. The number of aliphatic imine (C=N–C) groups is 1. The number of aromatic hydroxyl groups is 2. The maximum absolute atomic E-state index is 10.1. The molecule has 0 bridgehead atoms. The molecule has 0 heterocycles. The van der Waals surface area contributed by atoms with E-state index in [2.05, 4.69) is 20.9 Å². The summed E-state index contributed by atoms with van der Waals surface area (Å²) in [6.45, 7) is 3.87. The summed E-state index contributed by atoms with van der Waals surface area (Å²) in [5.41, 5.74) is 2.93. The molecule has 0 amide bonds. The van der Waals surface area contributed by atoms with Crippen LogP contribution in [0.5, 0.6) is 11.5 Å². The number of hydrogen-bond acceptors (Lipinski definition) is 3. The van der Waals surface area contributed by atoms with E-state index < -0.39 is 0 Å². The zero-order chi connectivity index (χ0) is 14.9. The predicted molar refractivity (Wildman–Crippen MR) is 85.7 cm³/mol. The van der Waals surface area contributed by atoms with Gasteiger partial charge in [-0.15, -0.1) is 0 Å². The van der Waals surface area contributed by atoms with Crippen LogP contribution in [-0.2, 0) is 0 Å². The molecule has 2 aromatic rings. The summed E-state index contributed by atoms with van der Waals surface area (Å²) in [7, 11) is 0. The van der Waals surface area contributed by atoms with Crippen molar-refractivity contribution >= 4 is 39.4 Å². The lowest BCUT2D eigenvalue weighted by Crippen LogP contribution is -1.90. The molecule has 0 aliphatic rings. The van der Waals surface area contributed by atoms with Gasteiger partial charge in [0.15, 0.2) is 0 Å². The van der Waals surface area contributed by atoms with Gasteiger partial charge in [-0.1, -0.05) is 11.6 Å². The molecule has 0 aliphatic heterocycles. The van der Waals surface area contributed by atoms with Crippen molar-refractivity contribution in [2.75, 3.05) is 0 Å². The molecule has 0 radical (unpaired) electrons. The van der Waals surface area contributed by atoms with E-state index in [-0.39, 0.29) is 11.5 Å². The average molecular weight is 355 g/mol. The molecular formula is C15H13BrClNO2. The summed E-state index contributed by atoms with van der Waals surface area (Å²) in [5.74, 6) is 0.159. The van der Waals surface area contributed by atoms with Crippen molar-refractivity contribution in [1.82, 2.24) is 0 Å². The van der Waals surface area contributed by atoms with Crippen molar-refractivity contribution < 1.29 is 10.2 Å². The van der Waals surface area contributed by atoms with Gasteiger partial charge in [0.1, 0.15) is 17.2 Å². The quantitative estimate of drug-likeness (QED) is 0.755. The Morgan fingerprint density at radius 1 is 1.20 bits per heavy atom. The van der Waals surface area contributed by atoms with E-state index in [0.29, 0.717) is 20.7 Å². The Kier molecular flexibility index (Phi) is 4.35. The minimum absolute atomic E-state index is 0.0352. The number of halogens is 2. The molecule has 0 atom stereocenters. The highest BCUT2D eigenvalue weighted by atomic mass is 79.9. The van der Waals surface area contributed by atoms with E-state index in [4.69, 9.17) is 11.6 Å². The van der Waals surface area contributed by atoms with Crippen molar-refractivity contribution in [2.24, 2.45) is 4.99 Å². The Morgan fingerprint density at radius 2 is 1.90 bits per heavy atom. The number of phenolic OH excluding ortho intramolecular Hbond substituents is 2. The number of nitrogens with zero attached hydrogens (tertiary/aromatic N) is 1. The fourth-order valence-electron chi connectivity index (χ4n) is 1.72. The van der Waals surface area contributed by atoms with Crippen LogP contribution < -0.4 is 0 Å². The second kappa shape index (κ2) is 5.85. The minimum atomic E-state index is 0.0352. The molecule has 0 saturated carbocycles. The van der Waals surface area contributed by atoms with Gasteiger partial charge in [0.05, 0.1) is 4.47 Å². The Bertz CT molecular complexity index is 699. The largest absolute Gasteiger partial charge is 0.506 e. The van der Waals surface area contributed by atoms with Gasteiger partial charge in [0.2, 0.25) is 0 Å². The van der Waals surface area contributed by atoms with Crippen LogP contribution in [0, 0.1) is 13.8 Å². The molecule has 3 nitrogen and oxygen atoms in total. The fourth-order valence-corrected chi connectivity index (χ4v) is 2.43. The SMILES string of the molecule is Cc1cc(C=Nc2cc(Cl)ccc2O)c(O)c(Br)c1C. The third-order valence-electron chi connectivity index (χ3n) is 3.05. The lowest BCUT2D eigenvalue weighted by molar-refractivity contribution is 0.470. The second-order valence-electron chi connectivity index (χ2n) is 4.46. The molecule has 0 fully saturated rings. The first-order valence-corrected chi connectivity index (χ1v) is 7.08. The maximum Gasteiger partial charge on any atom is 0.141 e. The van der Waals surface area contributed by atoms with Crippen LogP contribution in [0.1, 0.15) is 16.7 Å². The first-order chi connectivity index (χ1) is 9.40. The highest BCUT2D eigenvalue weighted by molar-refractivity contribution is 9.10. The number of aryl methyl sites for hydroxylation is 1. The molecule has 0 aromatic heterocycles. The van der Waals surface area contributed by atoms with E-state index >= 15 is 0 Å². The number of hydrogen-bond donors (Lipinski definition) is 2. The molecule has 2 aromatic carbocycles. The molecule has 0 aliphatic carbocycles. The molecule has 20 heavy (non-hydrogen) atoms. The van der Waals surface area contributed by atoms with E-state index in [0.717, 1.165) is 11.1 Å². The zero-order valence-corrected chi connectivity index (χ0v) is 13.3. The first-order valence-electron chi connectivity index (χ1n) is 5.91. The van der Waals surface area contributed by atoms with Crippen LogP contribution >= 0.6 is 27.5 Å². The highest BCUT2D eigenvalue weighted by Crippen LogP contribution is 2.34. The van der Waals surface area contributed by atoms with Gasteiger partial charge in [0, 0.05) is 16.8 Å². The summed E-state index contributed by atoms with van der Waals surface area (Å²) in [5, 5.41) is 20.3. The maximum atomic E-state index is 10.1. The van der Waals surface area contributed by atoms with Crippen LogP contribution in [0.4, 0.5) is 5.69 Å². The van der Waals surface area contributed by atoms with Crippen LogP contribution in [0.15, 0.2) is 33.7 Å². The monoisotopic (exact) mass is 353 g/mol. The van der Waals surface area contributed by atoms with Gasteiger partial charge in [-0.25, -0.2) is 0 Å². The highest BCUT2D eigenvalue weighted by Gasteiger charge is 2.09. The predicted octanol–water partition coefficient (Wildman–Crippen LogP) is 4.88. The molecule has 2 N–H and O–H groups in total.